The molecule has 2 atom stereocenters. The standard InChI is InChI=1S/C8H14O3/c1-8(10-2)5-3-4-7(6-9)11-8/h6-7H,3-5H2,1-2H3. The molecule has 2 unspecified atom stereocenters. The summed E-state index contributed by atoms with van der Waals surface area (Å²) < 4.78 is 10.5. The Balaban J connectivity index is 2.51. The summed E-state index contributed by atoms with van der Waals surface area (Å²) in [5.74, 6) is -0.538. The molecular formula is C8H14O3. The third-order valence-corrected chi connectivity index (χ3v) is 2.10. The highest BCUT2D eigenvalue weighted by Crippen LogP contribution is 2.27. The van der Waals surface area contributed by atoms with Crippen LogP contribution >= 0.6 is 0 Å². The lowest BCUT2D eigenvalue weighted by molar-refractivity contribution is -0.249. The summed E-state index contributed by atoms with van der Waals surface area (Å²) in [5, 5.41) is 0. The third-order valence-electron chi connectivity index (χ3n) is 2.10. The van der Waals surface area contributed by atoms with Gasteiger partial charge in [-0.3, -0.25) is 0 Å². The number of carbonyl (C=O) groups is 1. The minimum absolute atomic E-state index is 0.270. The van der Waals surface area contributed by atoms with E-state index < -0.39 is 5.79 Å². The zero-order valence-electron chi connectivity index (χ0n) is 7.00. The van der Waals surface area contributed by atoms with Crippen LogP contribution in [0, 0.1) is 0 Å². The van der Waals surface area contributed by atoms with Crippen LogP contribution in [0.3, 0.4) is 0 Å². The number of methoxy groups -OCH3 is 1. The summed E-state index contributed by atoms with van der Waals surface area (Å²) in [4.78, 5) is 10.4. The molecule has 3 heteroatoms. The fraction of sp³-hybridized carbons (Fsp3) is 0.875. The number of carbonyl (C=O) groups excluding carboxylic acids is 1. The second-order valence-corrected chi connectivity index (χ2v) is 3.02. The Morgan fingerprint density at radius 3 is 3.00 bits per heavy atom. The van der Waals surface area contributed by atoms with E-state index in [-0.39, 0.29) is 6.10 Å². The molecule has 0 saturated carbocycles. The normalized spacial score (nSPS) is 38.5. The molecule has 0 aliphatic carbocycles. The summed E-state index contributed by atoms with van der Waals surface area (Å²) in [5.41, 5.74) is 0. The molecule has 0 radical (unpaired) electrons. The summed E-state index contributed by atoms with van der Waals surface area (Å²) >= 11 is 0. The maximum Gasteiger partial charge on any atom is 0.166 e. The molecule has 1 rings (SSSR count). The Morgan fingerprint density at radius 2 is 2.45 bits per heavy atom. The smallest absolute Gasteiger partial charge is 0.166 e. The SMILES string of the molecule is COC1(C)CCCC(C=O)O1. The molecule has 0 bridgehead atoms. The molecule has 3 nitrogen and oxygen atoms in total. The number of hydrogen-bond acceptors (Lipinski definition) is 3. The van der Waals surface area contributed by atoms with Gasteiger partial charge in [0.15, 0.2) is 5.79 Å². The van der Waals surface area contributed by atoms with Crippen LogP contribution in [-0.4, -0.2) is 25.3 Å². The monoisotopic (exact) mass is 158 g/mol. The van der Waals surface area contributed by atoms with Crippen molar-refractivity contribution in [2.24, 2.45) is 0 Å². The first-order chi connectivity index (χ1) is 5.20. The molecule has 0 N–H and O–H groups in total. The molecule has 0 aromatic heterocycles. The van der Waals surface area contributed by atoms with Crippen molar-refractivity contribution in [3.05, 3.63) is 0 Å². The van der Waals surface area contributed by atoms with Crippen molar-refractivity contribution in [2.75, 3.05) is 7.11 Å². The second-order valence-electron chi connectivity index (χ2n) is 3.02. The quantitative estimate of drug-likeness (QED) is 0.565. The van der Waals surface area contributed by atoms with E-state index in [1.54, 1.807) is 7.11 Å². The fourth-order valence-corrected chi connectivity index (χ4v) is 1.31. The largest absolute Gasteiger partial charge is 0.353 e. The Bertz CT molecular complexity index is 146. The molecule has 0 spiro atoms. The van der Waals surface area contributed by atoms with Gasteiger partial charge in [0.25, 0.3) is 0 Å². The van der Waals surface area contributed by atoms with Gasteiger partial charge in [-0.15, -0.1) is 0 Å². The van der Waals surface area contributed by atoms with Crippen molar-refractivity contribution in [2.45, 2.75) is 38.1 Å². The van der Waals surface area contributed by atoms with E-state index in [0.717, 1.165) is 25.5 Å². The molecule has 1 saturated heterocycles. The van der Waals surface area contributed by atoms with E-state index >= 15 is 0 Å². The molecule has 1 heterocycles. The molecule has 64 valence electrons. The van der Waals surface area contributed by atoms with E-state index in [1.165, 1.54) is 0 Å². The van der Waals surface area contributed by atoms with E-state index in [2.05, 4.69) is 0 Å². The van der Waals surface area contributed by atoms with Crippen LogP contribution in [0.25, 0.3) is 0 Å². The summed E-state index contributed by atoms with van der Waals surface area (Å²) in [6, 6.07) is 0. The lowest BCUT2D eigenvalue weighted by Crippen LogP contribution is -2.40. The summed E-state index contributed by atoms with van der Waals surface area (Å²) in [6.45, 7) is 1.86. The molecule has 0 aromatic rings. The fourth-order valence-electron chi connectivity index (χ4n) is 1.31. The Morgan fingerprint density at radius 1 is 1.73 bits per heavy atom. The van der Waals surface area contributed by atoms with Gasteiger partial charge in [0.05, 0.1) is 0 Å². The van der Waals surface area contributed by atoms with Crippen molar-refractivity contribution in [1.82, 2.24) is 0 Å². The van der Waals surface area contributed by atoms with Crippen LogP contribution in [0.5, 0.6) is 0 Å². The molecule has 1 aliphatic rings. The lowest BCUT2D eigenvalue weighted by Gasteiger charge is -2.35. The van der Waals surface area contributed by atoms with Gasteiger partial charge in [-0.2, -0.15) is 0 Å². The first kappa shape index (κ1) is 8.68. The highest BCUT2D eigenvalue weighted by molar-refractivity contribution is 5.56. The molecule has 0 amide bonds. The van der Waals surface area contributed by atoms with Gasteiger partial charge >= 0.3 is 0 Å². The average Bonchev–Trinajstić information content (AvgIpc) is 2.05. The first-order valence-corrected chi connectivity index (χ1v) is 3.88. The van der Waals surface area contributed by atoms with E-state index in [4.69, 9.17) is 9.47 Å². The van der Waals surface area contributed by atoms with E-state index in [1.807, 2.05) is 6.92 Å². The average molecular weight is 158 g/mol. The van der Waals surface area contributed by atoms with Gasteiger partial charge in [-0.05, 0) is 19.8 Å². The predicted molar refractivity (Wildman–Crippen MR) is 40.2 cm³/mol. The highest BCUT2D eigenvalue weighted by atomic mass is 16.7. The Kier molecular flexibility index (Phi) is 2.62. The van der Waals surface area contributed by atoms with Crippen LogP contribution in [0.1, 0.15) is 26.2 Å². The molecule has 11 heavy (non-hydrogen) atoms. The maximum absolute atomic E-state index is 10.4. The number of rotatable bonds is 2. The van der Waals surface area contributed by atoms with Gasteiger partial charge in [0.2, 0.25) is 0 Å². The van der Waals surface area contributed by atoms with Crippen LogP contribution in [-0.2, 0) is 14.3 Å². The first-order valence-electron chi connectivity index (χ1n) is 3.88. The maximum atomic E-state index is 10.4. The third kappa shape index (κ3) is 2.01. The van der Waals surface area contributed by atoms with Crippen molar-refractivity contribution >= 4 is 6.29 Å². The van der Waals surface area contributed by atoms with Crippen molar-refractivity contribution in [3.63, 3.8) is 0 Å². The second kappa shape index (κ2) is 3.32. The minimum Gasteiger partial charge on any atom is -0.353 e. The zero-order valence-corrected chi connectivity index (χ0v) is 7.00. The highest BCUT2D eigenvalue weighted by Gasteiger charge is 2.32. The summed E-state index contributed by atoms with van der Waals surface area (Å²) in [6.07, 6.45) is 3.26. The van der Waals surface area contributed by atoms with Crippen molar-refractivity contribution in [1.29, 1.82) is 0 Å². The van der Waals surface area contributed by atoms with Gasteiger partial charge in [0.1, 0.15) is 12.4 Å². The van der Waals surface area contributed by atoms with Crippen molar-refractivity contribution in [3.8, 4) is 0 Å². The van der Waals surface area contributed by atoms with Crippen LogP contribution in [0.4, 0.5) is 0 Å². The molecule has 1 fully saturated rings. The van der Waals surface area contributed by atoms with E-state index in [0.29, 0.717) is 0 Å². The number of ether oxygens (including phenoxy) is 2. The Hall–Kier alpha value is -0.410. The van der Waals surface area contributed by atoms with Crippen LogP contribution < -0.4 is 0 Å². The minimum atomic E-state index is -0.538. The van der Waals surface area contributed by atoms with Gasteiger partial charge in [0, 0.05) is 13.5 Å². The molecular weight excluding hydrogens is 144 g/mol. The molecule has 1 aliphatic heterocycles. The molecule has 0 aromatic carbocycles. The van der Waals surface area contributed by atoms with Gasteiger partial charge < -0.3 is 14.3 Å². The van der Waals surface area contributed by atoms with Gasteiger partial charge in [-0.1, -0.05) is 0 Å². The number of hydrogen-bond donors (Lipinski definition) is 0. The van der Waals surface area contributed by atoms with Crippen LogP contribution in [0.2, 0.25) is 0 Å². The zero-order chi connectivity index (χ0) is 8.32. The Labute approximate surface area is 66.7 Å². The van der Waals surface area contributed by atoms with Crippen LogP contribution in [0.15, 0.2) is 0 Å². The van der Waals surface area contributed by atoms with E-state index in [9.17, 15) is 4.79 Å². The lowest BCUT2D eigenvalue weighted by atomic mass is 10.0. The summed E-state index contributed by atoms with van der Waals surface area (Å²) in [7, 11) is 1.60. The van der Waals surface area contributed by atoms with Gasteiger partial charge in [-0.25, -0.2) is 0 Å². The topological polar surface area (TPSA) is 35.5 Å². The number of aldehydes is 1. The predicted octanol–water partition coefficient (Wildman–Crippen LogP) is 1.12. The van der Waals surface area contributed by atoms with Crippen molar-refractivity contribution < 1.29 is 14.3 Å².